The second kappa shape index (κ2) is 35.5. The van der Waals surface area contributed by atoms with Crippen LogP contribution in [0.25, 0.3) is 10.9 Å². The number of methoxy groups -OCH3 is 2. The number of hydrogen-bond donors (Lipinski definition) is 8. The molecule has 1 aromatic heterocycles. The number of alkyl halides is 3. The van der Waals surface area contributed by atoms with E-state index in [9.17, 15) is 51.8 Å². The van der Waals surface area contributed by atoms with Crippen LogP contribution in [0.2, 0.25) is 0 Å². The lowest BCUT2D eigenvalue weighted by molar-refractivity contribution is -0.199. The Bertz CT molecular complexity index is 2420. The minimum atomic E-state index is -5.08. The van der Waals surface area contributed by atoms with E-state index < -0.39 is 90.4 Å². The first-order chi connectivity index (χ1) is 39.6. The molecule has 26 heteroatoms. The number of carboxylic acid groups (broad SMARTS) is 2. The number of aromatic nitrogens is 1. The normalized spacial score (nSPS) is 18.3. The first-order valence-electron chi connectivity index (χ1n) is 29.3. The van der Waals surface area contributed by atoms with Crippen LogP contribution < -0.4 is 21.7 Å². The van der Waals surface area contributed by atoms with Gasteiger partial charge in [0.2, 0.25) is 29.5 Å². The van der Waals surface area contributed by atoms with Crippen molar-refractivity contribution in [1.29, 1.82) is 0 Å². The zero-order chi connectivity index (χ0) is 63.0. The molecule has 2 aromatic rings. The van der Waals surface area contributed by atoms with Crippen molar-refractivity contribution in [3.8, 4) is 0 Å². The van der Waals surface area contributed by atoms with Gasteiger partial charge in [-0.3, -0.25) is 43.3 Å². The number of aliphatic carboxylic acids is 2. The molecule has 2 aliphatic heterocycles. The van der Waals surface area contributed by atoms with Gasteiger partial charge in [0.05, 0.1) is 49.3 Å². The van der Waals surface area contributed by atoms with Crippen molar-refractivity contribution in [3.05, 3.63) is 36.0 Å². The summed E-state index contributed by atoms with van der Waals surface area (Å²) in [7, 11) is 6.46. The number of hydrogen-bond acceptors (Lipinski definition) is 14. The molecule has 84 heavy (non-hydrogen) atoms. The molecule has 0 aliphatic carbocycles. The maximum atomic E-state index is 14.7. The molecule has 0 radical (unpaired) electrons. The van der Waals surface area contributed by atoms with Gasteiger partial charge >= 0.3 is 18.1 Å². The Hall–Kier alpha value is -5.93. The molecule has 4 rings (SSSR count). The number of fused-ring (bicyclic) bond motifs is 1. The van der Waals surface area contributed by atoms with Gasteiger partial charge in [-0.25, -0.2) is 9.86 Å². The van der Waals surface area contributed by atoms with Crippen LogP contribution in [-0.4, -0.2) is 209 Å². The Morgan fingerprint density at radius 3 is 2.15 bits per heavy atom. The van der Waals surface area contributed by atoms with Gasteiger partial charge in [0, 0.05) is 70.8 Å². The molecule has 11 atom stereocenters. The summed E-state index contributed by atoms with van der Waals surface area (Å²) in [5.41, 5.74) is 7.33. The number of likely N-dealkylation sites (tertiary alicyclic amines) is 1. The summed E-state index contributed by atoms with van der Waals surface area (Å²) in [4.78, 5) is 118. The highest BCUT2D eigenvalue weighted by molar-refractivity contribution is 5.91. The van der Waals surface area contributed by atoms with Gasteiger partial charge in [-0.2, -0.15) is 13.2 Å². The Kier molecular flexibility index (Phi) is 30.6. The predicted octanol–water partition coefficient (Wildman–Crippen LogP) is 4.38. The molecular formula is C58H94F3N9O14. The van der Waals surface area contributed by atoms with E-state index in [1.165, 1.54) is 26.2 Å². The number of halogens is 3. The highest BCUT2D eigenvalue weighted by Crippen LogP contribution is 2.30. The number of aliphatic hydroxyl groups excluding tert-OH is 1. The topological polar surface area (TPSA) is 316 Å². The summed E-state index contributed by atoms with van der Waals surface area (Å²) in [5.74, 6) is -6.96. The van der Waals surface area contributed by atoms with E-state index in [2.05, 4.69) is 20.9 Å². The number of likely N-dealkylation sites (N-methyl/N-ethyl adjacent to an activating group) is 2. The average Bonchev–Trinajstić information content (AvgIpc) is 3.90. The third-order valence-corrected chi connectivity index (χ3v) is 15.9. The number of carbonyl (C=O) groups is 8. The second-order valence-electron chi connectivity index (χ2n) is 22.5. The molecule has 476 valence electrons. The van der Waals surface area contributed by atoms with Crippen molar-refractivity contribution in [3.63, 3.8) is 0 Å². The SMILES string of the molecule is CC[C@H](C)[C@@H]([C@@H](CC(=O)N1CCC[C@H]1[C@H](OC)[C@@H](C)C(=O)N[C@@H](Cc1c[nH]c2ccccc12)C(=O)N1CCCCO1)OC)N(C)C(=O)[C@@H](NC(=O)[C@H](C(C)O)N(C)CCCCCC(=O)NCCCC[C@H](N)C(=O)O)C(C)C.O=C(O)C(F)(F)F. The molecule has 6 amide bonds. The fraction of sp³-hybridized carbons (Fsp3) is 0.724. The van der Waals surface area contributed by atoms with Gasteiger partial charge in [-0.1, -0.05) is 65.7 Å². The summed E-state index contributed by atoms with van der Waals surface area (Å²) in [6.07, 6.45) is 1.80. The predicted molar refractivity (Wildman–Crippen MR) is 306 cm³/mol. The number of ether oxygens (including phenoxy) is 2. The lowest BCUT2D eigenvalue weighted by atomic mass is 9.89. The smallest absolute Gasteiger partial charge is 0.480 e. The molecule has 2 fully saturated rings. The number of unbranched alkanes of at least 4 members (excludes halogenated alkanes) is 3. The Labute approximate surface area is 491 Å². The summed E-state index contributed by atoms with van der Waals surface area (Å²) in [6.45, 7) is 13.1. The van der Waals surface area contributed by atoms with Gasteiger partial charge in [-0.15, -0.1) is 0 Å². The van der Waals surface area contributed by atoms with Crippen molar-refractivity contribution >= 4 is 58.3 Å². The number of nitrogens with two attached hydrogens (primary N) is 1. The van der Waals surface area contributed by atoms with E-state index in [0.717, 1.165) is 29.3 Å². The summed E-state index contributed by atoms with van der Waals surface area (Å²) in [6, 6.07) is 2.96. The Morgan fingerprint density at radius 2 is 1.57 bits per heavy atom. The van der Waals surface area contributed by atoms with Crippen molar-refractivity contribution in [1.82, 2.24) is 40.7 Å². The molecule has 0 bridgehead atoms. The van der Waals surface area contributed by atoms with E-state index in [1.807, 2.05) is 58.2 Å². The summed E-state index contributed by atoms with van der Waals surface area (Å²) in [5, 5.41) is 38.1. The molecule has 0 spiro atoms. The van der Waals surface area contributed by atoms with Gasteiger partial charge < -0.3 is 61.3 Å². The summed E-state index contributed by atoms with van der Waals surface area (Å²) < 4.78 is 43.9. The molecule has 23 nitrogen and oxygen atoms in total. The van der Waals surface area contributed by atoms with E-state index in [0.29, 0.717) is 97.0 Å². The number of para-hydroxylation sites is 1. The molecule has 9 N–H and O–H groups in total. The zero-order valence-electron chi connectivity index (χ0n) is 50.6. The number of amides is 6. The quantitative estimate of drug-likeness (QED) is 0.0460. The highest BCUT2D eigenvalue weighted by Gasteiger charge is 2.44. The lowest BCUT2D eigenvalue weighted by Crippen LogP contribution is -2.60. The third-order valence-electron chi connectivity index (χ3n) is 15.9. The van der Waals surface area contributed by atoms with E-state index in [1.54, 1.807) is 35.7 Å². The van der Waals surface area contributed by atoms with Crippen LogP contribution in [-0.2, 0) is 59.1 Å². The first-order valence-corrected chi connectivity index (χ1v) is 29.3. The number of carbonyl (C=O) groups excluding carboxylic acids is 6. The largest absolute Gasteiger partial charge is 0.490 e. The van der Waals surface area contributed by atoms with Crippen LogP contribution in [0.5, 0.6) is 0 Å². The van der Waals surface area contributed by atoms with Crippen LogP contribution in [0, 0.1) is 17.8 Å². The number of nitrogens with one attached hydrogen (secondary N) is 4. The molecule has 2 aliphatic rings. The monoisotopic (exact) mass is 1200 g/mol. The molecular weight excluding hydrogens is 1100 g/mol. The van der Waals surface area contributed by atoms with Crippen LogP contribution >= 0.6 is 0 Å². The number of hydroxylamine groups is 2. The summed E-state index contributed by atoms with van der Waals surface area (Å²) >= 11 is 0. The van der Waals surface area contributed by atoms with E-state index in [4.69, 9.17) is 35.1 Å². The number of carboxylic acids is 2. The third kappa shape index (κ3) is 21.9. The maximum Gasteiger partial charge on any atom is 0.490 e. The van der Waals surface area contributed by atoms with Crippen molar-refractivity contribution in [2.45, 2.75) is 192 Å². The van der Waals surface area contributed by atoms with Gasteiger partial charge in [0.15, 0.2) is 0 Å². The number of nitrogens with zero attached hydrogens (tertiary/aromatic N) is 4. The van der Waals surface area contributed by atoms with Gasteiger partial charge in [-0.05, 0) is 102 Å². The van der Waals surface area contributed by atoms with Crippen LogP contribution in [0.3, 0.4) is 0 Å². The van der Waals surface area contributed by atoms with Crippen LogP contribution in [0.1, 0.15) is 131 Å². The standard InChI is InChI=1S/C56H93N9O12.C2HF3O2/c1-11-36(4)49(63(8)55(72)48(35(2)3)61-53(70)50(38(6)66)62(7)28-18-12-13-26-46(67)58-27-17-16-23-41(57)56(73)74)45(75-9)33-47(68)64-29-21-25-44(64)51(76-10)37(5)52(69)60-43(54(71)65-30-19-20-31-77-65)32-39-34-59-42-24-15-14-22-40(39)42;3-2(4,5)1(6)7/h14-15,22,24,34-38,41,43-45,48-51,59,66H,11-13,16-21,23,25-33,57H2,1-10H3,(H,58,67)(H,60,69)(H,61,70)(H,73,74);(H,6,7)/t36-,37+,38?,41-,43-,44-,45+,48-,49-,50-,51+;/m0./s1. The zero-order valence-corrected chi connectivity index (χ0v) is 50.6. The number of H-pyrrole nitrogens is 1. The molecule has 3 heterocycles. The number of benzene rings is 1. The average molecular weight is 1200 g/mol. The Morgan fingerprint density at radius 1 is 0.893 bits per heavy atom. The minimum absolute atomic E-state index is 0.0717. The van der Waals surface area contributed by atoms with Gasteiger partial charge in [0.1, 0.15) is 24.2 Å². The minimum Gasteiger partial charge on any atom is -0.480 e. The Balaban J connectivity index is 0.00000247. The van der Waals surface area contributed by atoms with Gasteiger partial charge in [0.25, 0.3) is 5.91 Å². The molecule has 1 unspecified atom stereocenters. The van der Waals surface area contributed by atoms with Crippen molar-refractivity contribution < 1.29 is 81.2 Å². The number of rotatable bonds is 33. The first kappa shape index (κ1) is 72.3. The fourth-order valence-corrected chi connectivity index (χ4v) is 10.9. The fourth-order valence-electron chi connectivity index (χ4n) is 10.9. The van der Waals surface area contributed by atoms with Crippen molar-refractivity contribution in [2.75, 3.05) is 61.1 Å². The lowest BCUT2D eigenvalue weighted by Gasteiger charge is -2.41. The molecule has 0 saturated carbocycles. The van der Waals surface area contributed by atoms with Crippen molar-refractivity contribution in [2.24, 2.45) is 23.5 Å². The van der Waals surface area contributed by atoms with E-state index >= 15 is 0 Å². The number of aromatic amines is 1. The maximum absolute atomic E-state index is 14.7. The molecule has 2 saturated heterocycles. The highest BCUT2D eigenvalue weighted by atomic mass is 19.4. The van der Waals surface area contributed by atoms with Crippen LogP contribution in [0.15, 0.2) is 30.5 Å². The molecule has 1 aromatic carbocycles. The van der Waals surface area contributed by atoms with E-state index in [-0.39, 0.29) is 48.3 Å². The number of aliphatic hydroxyl groups is 1. The van der Waals surface area contributed by atoms with Crippen LogP contribution in [0.4, 0.5) is 13.2 Å². The second-order valence-corrected chi connectivity index (χ2v) is 22.5.